The molecule has 9 heteroatoms. The van der Waals surface area contributed by atoms with Crippen LogP contribution in [0.15, 0.2) is 64.4 Å². The van der Waals surface area contributed by atoms with Gasteiger partial charge in [-0.05, 0) is 42.5 Å². The lowest BCUT2D eigenvalue weighted by Crippen LogP contribution is -2.45. The summed E-state index contributed by atoms with van der Waals surface area (Å²) < 4.78 is 32.4. The number of carbonyl (C=O) groups is 2. The number of rotatable bonds is 9. The van der Waals surface area contributed by atoms with Crippen molar-refractivity contribution in [2.75, 3.05) is 18.2 Å². The summed E-state index contributed by atoms with van der Waals surface area (Å²) in [6.45, 7) is 2.86. The average Bonchev–Trinajstić information content (AvgIpc) is 2.71. The summed E-state index contributed by atoms with van der Waals surface area (Å²) in [7, 11) is -3.90. The Balaban J connectivity index is 1.98. The number of amides is 1. The first-order valence-corrected chi connectivity index (χ1v) is 11.6. The molecule has 2 N–H and O–H groups in total. The molecular formula is C20H24N2O5S2. The number of benzene rings is 2. The summed E-state index contributed by atoms with van der Waals surface area (Å²) in [5.74, 6) is -1.69. The lowest BCUT2D eigenvalue weighted by atomic mass is 10.1. The first-order chi connectivity index (χ1) is 13.7. The highest BCUT2D eigenvalue weighted by Gasteiger charge is 2.30. The van der Waals surface area contributed by atoms with Gasteiger partial charge in [-0.1, -0.05) is 38.1 Å². The van der Waals surface area contributed by atoms with Crippen LogP contribution in [0.1, 0.15) is 13.8 Å². The lowest BCUT2D eigenvalue weighted by Gasteiger charge is -2.20. The van der Waals surface area contributed by atoms with Crippen molar-refractivity contribution in [1.82, 2.24) is 4.72 Å². The lowest BCUT2D eigenvalue weighted by molar-refractivity contribution is -0.150. The molecule has 0 aliphatic heterocycles. The number of ether oxygens (including phenoxy) is 1. The van der Waals surface area contributed by atoms with Crippen molar-refractivity contribution >= 4 is 39.3 Å². The number of hydrogen-bond acceptors (Lipinski definition) is 6. The van der Waals surface area contributed by atoms with Crippen molar-refractivity contribution in [3.05, 3.63) is 54.6 Å². The number of sulfonamides is 1. The second-order valence-corrected chi connectivity index (χ2v) is 9.14. The van der Waals surface area contributed by atoms with Gasteiger partial charge < -0.3 is 10.1 Å². The fraction of sp³-hybridized carbons (Fsp3) is 0.300. The molecule has 0 bridgehead atoms. The number of carbonyl (C=O) groups excluding carboxylic acids is 2. The molecule has 29 heavy (non-hydrogen) atoms. The Morgan fingerprint density at radius 1 is 1.07 bits per heavy atom. The predicted molar refractivity (Wildman–Crippen MR) is 113 cm³/mol. The van der Waals surface area contributed by atoms with Gasteiger partial charge in [0.15, 0.2) is 6.61 Å². The Labute approximate surface area is 175 Å². The molecular weight excluding hydrogens is 412 g/mol. The summed E-state index contributed by atoms with van der Waals surface area (Å²) in [6, 6.07) is 13.9. The minimum atomic E-state index is -3.90. The van der Waals surface area contributed by atoms with Crippen LogP contribution >= 0.6 is 11.8 Å². The van der Waals surface area contributed by atoms with Crippen LogP contribution in [0, 0.1) is 5.92 Å². The largest absolute Gasteiger partial charge is 0.454 e. The monoisotopic (exact) mass is 436 g/mol. The highest BCUT2D eigenvalue weighted by molar-refractivity contribution is 7.98. The van der Waals surface area contributed by atoms with Crippen LogP contribution in [0.5, 0.6) is 0 Å². The zero-order valence-corrected chi connectivity index (χ0v) is 18.0. The van der Waals surface area contributed by atoms with E-state index < -0.39 is 34.5 Å². The van der Waals surface area contributed by atoms with E-state index in [0.29, 0.717) is 5.69 Å². The third-order valence-corrected chi connectivity index (χ3v) is 6.14. The normalized spacial score (nSPS) is 12.4. The predicted octanol–water partition coefficient (Wildman–Crippen LogP) is 2.89. The van der Waals surface area contributed by atoms with Crippen molar-refractivity contribution in [1.29, 1.82) is 0 Å². The minimum Gasteiger partial charge on any atom is -0.454 e. The van der Waals surface area contributed by atoms with Gasteiger partial charge in [-0.2, -0.15) is 4.72 Å². The third-order valence-electron chi connectivity index (χ3n) is 3.96. The molecule has 0 aliphatic carbocycles. The summed E-state index contributed by atoms with van der Waals surface area (Å²) >= 11 is 1.54. The van der Waals surface area contributed by atoms with Gasteiger partial charge in [0.25, 0.3) is 5.91 Å². The summed E-state index contributed by atoms with van der Waals surface area (Å²) in [6.07, 6.45) is 1.92. The second-order valence-electron chi connectivity index (χ2n) is 6.54. The van der Waals surface area contributed by atoms with Gasteiger partial charge in [-0.25, -0.2) is 8.42 Å². The third kappa shape index (κ3) is 6.88. The zero-order valence-electron chi connectivity index (χ0n) is 16.4. The van der Waals surface area contributed by atoms with E-state index in [-0.39, 0.29) is 10.8 Å². The molecule has 1 amide bonds. The second kappa shape index (κ2) is 10.4. The summed E-state index contributed by atoms with van der Waals surface area (Å²) in [4.78, 5) is 25.5. The van der Waals surface area contributed by atoms with E-state index in [2.05, 4.69) is 10.0 Å². The molecule has 0 unspecified atom stereocenters. The van der Waals surface area contributed by atoms with Crippen molar-refractivity contribution in [3.8, 4) is 0 Å². The van der Waals surface area contributed by atoms with Crippen molar-refractivity contribution in [2.45, 2.75) is 29.7 Å². The van der Waals surface area contributed by atoms with E-state index in [1.807, 2.05) is 12.3 Å². The number of thioether (sulfide) groups is 1. The van der Waals surface area contributed by atoms with Crippen LogP contribution in [-0.2, 0) is 24.3 Å². The zero-order chi connectivity index (χ0) is 21.4. The quantitative estimate of drug-likeness (QED) is 0.463. The van der Waals surface area contributed by atoms with E-state index >= 15 is 0 Å². The van der Waals surface area contributed by atoms with E-state index in [1.165, 1.54) is 23.9 Å². The SMILES string of the molecule is CSc1cccc(NC(=O)COC(=O)[C@@H](NS(=O)(=O)c2ccccc2)C(C)C)c1. The van der Waals surface area contributed by atoms with Gasteiger partial charge in [0.2, 0.25) is 10.0 Å². The van der Waals surface area contributed by atoms with Crippen LogP contribution in [-0.4, -0.2) is 39.2 Å². The number of hydrogen-bond donors (Lipinski definition) is 2. The van der Waals surface area contributed by atoms with Crippen LogP contribution in [0.3, 0.4) is 0 Å². The first-order valence-electron chi connectivity index (χ1n) is 8.91. The van der Waals surface area contributed by atoms with E-state index in [9.17, 15) is 18.0 Å². The number of nitrogens with one attached hydrogen (secondary N) is 2. The van der Waals surface area contributed by atoms with Crippen LogP contribution in [0.25, 0.3) is 0 Å². The molecule has 0 heterocycles. The van der Waals surface area contributed by atoms with Crippen LogP contribution in [0.2, 0.25) is 0 Å². The molecule has 1 atom stereocenters. The molecule has 156 valence electrons. The molecule has 2 aromatic rings. The van der Waals surface area contributed by atoms with Gasteiger partial charge in [0.1, 0.15) is 6.04 Å². The average molecular weight is 437 g/mol. The first kappa shape index (κ1) is 22.9. The number of anilines is 1. The Morgan fingerprint density at radius 3 is 2.38 bits per heavy atom. The maximum atomic E-state index is 12.5. The molecule has 0 spiro atoms. The van der Waals surface area contributed by atoms with E-state index in [4.69, 9.17) is 4.74 Å². The number of esters is 1. The Bertz CT molecular complexity index is 946. The Hall–Kier alpha value is -2.36. The summed E-state index contributed by atoms with van der Waals surface area (Å²) in [5.41, 5.74) is 0.586. The molecule has 7 nitrogen and oxygen atoms in total. The molecule has 0 aromatic heterocycles. The van der Waals surface area contributed by atoms with E-state index in [1.54, 1.807) is 50.2 Å². The van der Waals surface area contributed by atoms with Crippen LogP contribution in [0.4, 0.5) is 5.69 Å². The molecule has 2 rings (SSSR count). The van der Waals surface area contributed by atoms with Gasteiger partial charge in [-0.15, -0.1) is 11.8 Å². The smallest absolute Gasteiger partial charge is 0.324 e. The van der Waals surface area contributed by atoms with Crippen molar-refractivity contribution in [3.63, 3.8) is 0 Å². The summed E-state index contributed by atoms with van der Waals surface area (Å²) in [5, 5.41) is 2.65. The fourth-order valence-electron chi connectivity index (χ4n) is 2.42. The molecule has 0 saturated carbocycles. The van der Waals surface area contributed by atoms with Gasteiger partial charge in [0, 0.05) is 10.6 Å². The highest BCUT2D eigenvalue weighted by Crippen LogP contribution is 2.19. The fourth-order valence-corrected chi connectivity index (χ4v) is 4.23. The molecule has 2 aromatic carbocycles. The van der Waals surface area contributed by atoms with Gasteiger partial charge in [0.05, 0.1) is 4.90 Å². The van der Waals surface area contributed by atoms with Crippen LogP contribution < -0.4 is 10.0 Å². The molecule has 0 saturated heterocycles. The Morgan fingerprint density at radius 2 is 1.76 bits per heavy atom. The maximum absolute atomic E-state index is 12.5. The minimum absolute atomic E-state index is 0.0462. The Kier molecular flexibility index (Phi) is 8.24. The van der Waals surface area contributed by atoms with E-state index in [0.717, 1.165) is 4.90 Å². The van der Waals surface area contributed by atoms with Gasteiger partial charge >= 0.3 is 5.97 Å². The maximum Gasteiger partial charge on any atom is 0.324 e. The van der Waals surface area contributed by atoms with Crippen molar-refractivity contribution < 1.29 is 22.7 Å². The molecule has 0 aliphatic rings. The highest BCUT2D eigenvalue weighted by atomic mass is 32.2. The molecule has 0 radical (unpaired) electrons. The van der Waals surface area contributed by atoms with Gasteiger partial charge in [-0.3, -0.25) is 9.59 Å². The topological polar surface area (TPSA) is 102 Å². The van der Waals surface area contributed by atoms with Crippen molar-refractivity contribution in [2.24, 2.45) is 5.92 Å². The molecule has 0 fully saturated rings. The standard InChI is InChI=1S/C20H24N2O5S2/c1-14(2)19(22-29(25,26)17-10-5-4-6-11-17)20(24)27-13-18(23)21-15-8-7-9-16(12-15)28-3/h4-12,14,19,22H,13H2,1-3H3,(H,21,23)/t19-/m0/s1.